The lowest BCUT2D eigenvalue weighted by molar-refractivity contribution is 0.0272. The summed E-state index contributed by atoms with van der Waals surface area (Å²) in [6, 6.07) is 8.57. The number of rotatable bonds is 3. The zero-order chi connectivity index (χ0) is 14.0. The van der Waals surface area contributed by atoms with Gasteiger partial charge in [0.1, 0.15) is 0 Å². The lowest BCUT2D eigenvalue weighted by Crippen LogP contribution is -2.48. The minimum absolute atomic E-state index is 0.245. The molecule has 1 saturated heterocycles. The summed E-state index contributed by atoms with van der Waals surface area (Å²) in [5, 5.41) is 2.28. The Morgan fingerprint density at radius 2 is 1.95 bits per heavy atom. The van der Waals surface area contributed by atoms with Crippen molar-refractivity contribution in [1.82, 2.24) is 14.8 Å². The van der Waals surface area contributed by atoms with Gasteiger partial charge in [-0.1, -0.05) is 6.07 Å². The molecule has 2 aromatic rings. The standard InChI is InChI=1S/C13H15N3O3S/c17-20(18,15-16-7-9-19-10-8-16)13-5-1-4-12-11(13)3-2-6-14-12/h1-6,15H,7-10H2. The molecule has 1 fully saturated rings. The molecule has 1 N–H and O–H groups in total. The zero-order valence-electron chi connectivity index (χ0n) is 10.8. The van der Waals surface area contributed by atoms with Crippen molar-refractivity contribution in [2.24, 2.45) is 0 Å². The number of aromatic nitrogens is 1. The van der Waals surface area contributed by atoms with Crippen molar-refractivity contribution in [3.05, 3.63) is 36.5 Å². The molecule has 0 atom stereocenters. The van der Waals surface area contributed by atoms with Crippen molar-refractivity contribution in [2.75, 3.05) is 26.3 Å². The molecule has 1 aromatic heterocycles. The monoisotopic (exact) mass is 293 g/mol. The second-order valence-corrected chi connectivity index (χ2v) is 6.15. The van der Waals surface area contributed by atoms with Crippen molar-refractivity contribution >= 4 is 20.9 Å². The Morgan fingerprint density at radius 3 is 2.75 bits per heavy atom. The Morgan fingerprint density at radius 1 is 1.15 bits per heavy atom. The van der Waals surface area contributed by atoms with Gasteiger partial charge in [0.25, 0.3) is 10.0 Å². The van der Waals surface area contributed by atoms with E-state index in [1.165, 1.54) is 0 Å². The molecule has 1 aliphatic rings. The summed E-state index contributed by atoms with van der Waals surface area (Å²) in [5.41, 5.74) is 0.664. The van der Waals surface area contributed by atoms with Crippen molar-refractivity contribution in [2.45, 2.75) is 4.90 Å². The third kappa shape index (κ3) is 2.66. The summed E-state index contributed by atoms with van der Waals surface area (Å²) < 4.78 is 30.2. The van der Waals surface area contributed by atoms with Crippen molar-refractivity contribution in [3.8, 4) is 0 Å². The number of morpholine rings is 1. The zero-order valence-corrected chi connectivity index (χ0v) is 11.6. The van der Waals surface area contributed by atoms with E-state index in [0.717, 1.165) is 0 Å². The molecule has 6 nitrogen and oxygen atoms in total. The maximum atomic E-state index is 12.5. The largest absolute Gasteiger partial charge is 0.379 e. The van der Waals surface area contributed by atoms with Gasteiger partial charge >= 0.3 is 0 Å². The molecule has 7 heteroatoms. The molecule has 1 aliphatic heterocycles. The Labute approximate surface area is 117 Å². The molecule has 1 aromatic carbocycles. The summed E-state index contributed by atoms with van der Waals surface area (Å²) in [6.07, 6.45) is 1.65. The topological polar surface area (TPSA) is 71.5 Å². The molecule has 106 valence electrons. The van der Waals surface area contributed by atoms with Gasteiger partial charge in [0.15, 0.2) is 0 Å². The van der Waals surface area contributed by atoms with Gasteiger partial charge in [0.2, 0.25) is 0 Å². The first-order valence-electron chi connectivity index (χ1n) is 6.36. The van der Waals surface area contributed by atoms with Crippen LogP contribution in [0.15, 0.2) is 41.4 Å². The van der Waals surface area contributed by atoms with Crippen LogP contribution in [0.1, 0.15) is 0 Å². The Bertz CT molecular complexity index is 706. The van der Waals surface area contributed by atoms with Crippen LogP contribution in [0.5, 0.6) is 0 Å². The molecule has 0 spiro atoms. The fourth-order valence-corrected chi connectivity index (χ4v) is 3.52. The van der Waals surface area contributed by atoms with Gasteiger partial charge in [-0.25, -0.2) is 13.4 Å². The Hall–Kier alpha value is -1.54. The molecule has 0 aliphatic carbocycles. The number of sulfonamides is 1. The van der Waals surface area contributed by atoms with Crippen molar-refractivity contribution in [3.63, 3.8) is 0 Å². The number of hydrazine groups is 1. The number of benzene rings is 1. The molecular formula is C13H15N3O3S. The van der Waals surface area contributed by atoms with E-state index in [1.807, 2.05) is 0 Å². The van der Waals surface area contributed by atoms with E-state index >= 15 is 0 Å². The Kier molecular flexibility index (Phi) is 3.66. The summed E-state index contributed by atoms with van der Waals surface area (Å²) in [4.78, 5) is 7.02. The molecule has 0 unspecified atom stereocenters. The van der Waals surface area contributed by atoms with Crippen LogP contribution in [0, 0.1) is 0 Å². The maximum absolute atomic E-state index is 12.5. The quantitative estimate of drug-likeness (QED) is 0.904. The lowest BCUT2D eigenvalue weighted by atomic mass is 10.2. The summed E-state index contributed by atoms with van der Waals surface area (Å²) >= 11 is 0. The van der Waals surface area contributed by atoms with Crippen molar-refractivity contribution in [1.29, 1.82) is 0 Å². The second kappa shape index (κ2) is 5.45. The van der Waals surface area contributed by atoms with E-state index in [2.05, 4.69) is 9.82 Å². The first-order valence-corrected chi connectivity index (χ1v) is 7.84. The molecule has 0 amide bonds. The SMILES string of the molecule is O=S(=O)(NN1CCOCC1)c1cccc2ncccc12. The molecule has 3 rings (SSSR count). The lowest BCUT2D eigenvalue weighted by Gasteiger charge is -2.26. The number of nitrogens with zero attached hydrogens (tertiary/aromatic N) is 2. The van der Waals surface area contributed by atoms with Crippen molar-refractivity contribution < 1.29 is 13.2 Å². The van der Waals surface area contributed by atoms with E-state index in [0.29, 0.717) is 37.2 Å². The summed E-state index contributed by atoms with van der Waals surface area (Å²) in [6.45, 7) is 2.14. The van der Waals surface area contributed by atoms with E-state index in [1.54, 1.807) is 41.5 Å². The second-order valence-electron chi connectivity index (χ2n) is 4.52. The summed E-state index contributed by atoms with van der Waals surface area (Å²) in [5.74, 6) is 0. The van der Waals surface area contributed by atoms with Crippen LogP contribution in [-0.4, -0.2) is 44.7 Å². The predicted octanol–water partition coefficient (Wildman–Crippen LogP) is 0.760. The summed E-state index contributed by atoms with van der Waals surface area (Å²) in [7, 11) is -3.61. The van der Waals surface area contributed by atoms with Gasteiger partial charge in [0.05, 0.1) is 23.6 Å². The number of hydrogen-bond acceptors (Lipinski definition) is 5. The fourth-order valence-electron chi connectivity index (χ4n) is 2.18. The fraction of sp³-hybridized carbons (Fsp3) is 0.308. The van der Waals surface area contributed by atoms with Gasteiger partial charge in [-0.15, -0.1) is 4.83 Å². The number of hydrogen-bond donors (Lipinski definition) is 1. The minimum atomic E-state index is -3.61. The third-order valence-corrected chi connectivity index (χ3v) is 4.59. The normalized spacial score (nSPS) is 17.4. The van der Waals surface area contributed by atoms with Crippen LogP contribution in [0.4, 0.5) is 0 Å². The first-order chi connectivity index (χ1) is 9.67. The highest BCUT2D eigenvalue weighted by Crippen LogP contribution is 2.21. The smallest absolute Gasteiger partial charge is 0.254 e. The van der Waals surface area contributed by atoms with Gasteiger partial charge in [-0.2, -0.15) is 0 Å². The van der Waals surface area contributed by atoms with Crippen LogP contribution in [-0.2, 0) is 14.8 Å². The first kappa shape index (κ1) is 13.4. The van der Waals surface area contributed by atoms with Gasteiger partial charge in [0, 0.05) is 24.7 Å². The molecule has 2 heterocycles. The van der Waals surface area contributed by atoms with E-state index in [-0.39, 0.29) is 4.90 Å². The number of fused-ring (bicyclic) bond motifs is 1. The van der Waals surface area contributed by atoms with E-state index in [4.69, 9.17) is 4.74 Å². The third-order valence-electron chi connectivity index (χ3n) is 3.16. The van der Waals surface area contributed by atoms with E-state index < -0.39 is 10.0 Å². The highest BCUT2D eigenvalue weighted by molar-refractivity contribution is 7.89. The molecule has 0 saturated carbocycles. The minimum Gasteiger partial charge on any atom is -0.379 e. The maximum Gasteiger partial charge on any atom is 0.254 e. The highest BCUT2D eigenvalue weighted by atomic mass is 32.2. The Balaban J connectivity index is 1.96. The highest BCUT2D eigenvalue weighted by Gasteiger charge is 2.22. The molecule has 0 radical (unpaired) electrons. The average molecular weight is 293 g/mol. The molecular weight excluding hydrogens is 278 g/mol. The van der Waals surface area contributed by atoms with Crippen LogP contribution in [0.25, 0.3) is 10.9 Å². The molecule has 0 bridgehead atoms. The number of pyridine rings is 1. The molecule has 20 heavy (non-hydrogen) atoms. The van der Waals surface area contributed by atoms with Crippen LogP contribution >= 0.6 is 0 Å². The van der Waals surface area contributed by atoms with Gasteiger partial charge in [-0.05, 0) is 24.3 Å². The van der Waals surface area contributed by atoms with Gasteiger partial charge in [-0.3, -0.25) is 4.98 Å². The van der Waals surface area contributed by atoms with Crippen LogP contribution in [0.3, 0.4) is 0 Å². The van der Waals surface area contributed by atoms with Crippen LogP contribution in [0.2, 0.25) is 0 Å². The van der Waals surface area contributed by atoms with Gasteiger partial charge < -0.3 is 4.74 Å². The number of ether oxygens (including phenoxy) is 1. The average Bonchev–Trinajstić information content (AvgIpc) is 2.47. The van der Waals surface area contributed by atoms with E-state index in [9.17, 15) is 8.42 Å². The number of nitrogens with one attached hydrogen (secondary N) is 1. The van der Waals surface area contributed by atoms with Crippen LogP contribution < -0.4 is 4.83 Å². The predicted molar refractivity (Wildman–Crippen MR) is 74.5 cm³/mol.